The van der Waals surface area contributed by atoms with Gasteiger partial charge in [-0.25, -0.2) is 0 Å². The number of carbonyl (C=O) groups excluding carboxylic acids is 1. The zero-order valence-electron chi connectivity index (χ0n) is 9.08. The summed E-state index contributed by atoms with van der Waals surface area (Å²) < 4.78 is 0. The average Bonchev–Trinajstić information content (AvgIpc) is 2.67. The van der Waals surface area contributed by atoms with Crippen LogP contribution in [0.1, 0.15) is 19.8 Å². The van der Waals surface area contributed by atoms with Crippen LogP contribution in [0.5, 0.6) is 0 Å². The summed E-state index contributed by atoms with van der Waals surface area (Å²) in [5.74, 6) is 1.32. The van der Waals surface area contributed by atoms with E-state index < -0.39 is 0 Å². The first-order valence-corrected chi connectivity index (χ1v) is 6.63. The molecule has 1 fully saturated rings. The minimum atomic E-state index is 0.260. The van der Waals surface area contributed by atoms with Gasteiger partial charge in [0.25, 0.3) is 0 Å². The number of hydrogen-bond acceptors (Lipinski definition) is 3. The lowest BCUT2D eigenvalue weighted by atomic mass is 10.4. The van der Waals surface area contributed by atoms with Gasteiger partial charge in [0, 0.05) is 24.9 Å². The fourth-order valence-corrected chi connectivity index (χ4v) is 2.27. The van der Waals surface area contributed by atoms with Crippen LogP contribution in [0.15, 0.2) is 0 Å². The summed E-state index contributed by atoms with van der Waals surface area (Å²) in [6.45, 7) is 4.53. The van der Waals surface area contributed by atoms with Crippen LogP contribution in [0.2, 0.25) is 0 Å². The number of nitrogens with one attached hydrogen (secondary N) is 1. The van der Waals surface area contributed by atoms with E-state index >= 15 is 0 Å². The molecule has 4 heteroatoms. The topological polar surface area (TPSA) is 32.3 Å². The SMILES string of the molecule is CSCC(C)NCC(=O)N1CCCC1. The van der Waals surface area contributed by atoms with E-state index in [1.165, 1.54) is 12.8 Å². The number of hydrogen-bond donors (Lipinski definition) is 1. The maximum Gasteiger partial charge on any atom is 0.236 e. The second-order valence-corrected chi connectivity index (χ2v) is 4.74. The molecule has 0 aromatic heterocycles. The summed E-state index contributed by atoms with van der Waals surface area (Å²) in [5, 5.41) is 3.25. The fourth-order valence-electron chi connectivity index (χ4n) is 1.65. The molecule has 0 bridgehead atoms. The van der Waals surface area contributed by atoms with Crippen LogP contribution in [-0.4, -0.2) is 48.5 Å². The van der Waals surface area contributed by atoms with E-state index in [2.05, 4.69) is 18.5 Å². The number of nitrogens with zero attached hydrogens (tertiary/aromatic N) is 1. The van der Waals surface area contributed by atoms with Crippen molar-refractivity contribution >= 4 is 17.7 Å². The predicted octanol–water partition coefficient (Wildman–Crippen LogP) is 0.950. The lowest BCUT2D eigenvalue weighted by molar-refractivity contribution is -0.129. The number of amides is 1. The zero-order valence-corrected chi connectivity index (χ0v) is 9.90. The molecule has 1 rings (SSSR count). The molecular weight excluding hydrogens is 196 g/mol. The average molecular weight is 216 g/mol. The Morgan fingerprint density at radius 2 is 2.14 bits per heavy atom. The lowest BCUT2D eigenvalue weighted by Gasteiger charge is -2.17. The number of carbonyl (C=O) groups is 1. The monoisotopic (exact) mass is 216 g/mol. The molecule has 14 heavy (non-hydrogen) atoms. The lowest BCUT2D eigenvalue weighted by Crippen LogP contribution is -2.40. The highest BCUT2D eigenvalue weighted by atomic mass is 32.2. The van der Waals surface area contributed by atoms with E-state index in [-0.39, 0.29) is 5.91 Å². The van der Waals surface area contributed by atoms with Gasteiger partial charge in [-0.15, -0.1) is 0 Å². The van der Waals surface area contributed by atoms with Gasteiger partial charge in [0.2, 0.25) is 5.91 Å². The normalized spacial score (nSPS) is 18.6. The first-order valence-electron chi connectivity index (χ1n) is 5.24. The van der Waals surface area contributed by atoms with E-state index in [9.17, 15) is 4.79 Å². The van der Waals surface area contributed by atoms with Gasteiger partial charge in [0.05, 0.1) is 6.54 Å². The third-order valence-electron chi connectivity index (χ3n) is 2.48. The fraction of sp³-hybridized carbons (Fsp3) is 0.900. The highest BCUT2D eigenvalue weighted by Crippen LogP contribution is 2.06. The largest absolute Gasteiger partial charge is 0.342 e. The summed E-state index contributed by atoms with van der Waals surface area (Å²) >= 11 is 1.81. The number of likely N-dealkylation sites (tertiary alicyclic amines) is 1. The molecule has 1 amide bonds. The zero-order chi connectivity index (χ0) is 10.4. The minimum Gasteiger partial charge on any atom is -0.342 e. The second-order valence-electron chi connectivity index (χ2n) is 3.83. The molecule has 0 aliphatic carbocycles. The summed E-state index contributed by atoms with van der Waals surface area (Å²) in [6, 6.07) is 0.427. The molecule has 1 saturated heterocycles. The second kappa shape index (κ2) is 6.30. The molecular formula is C10H20N2OS. The summed E-state index contributed by atoms with van der Waals surface area (Å²) in [7, 11) is 0. The highest BCUT2D eigenvalue weighted by molar-refractivity contribution is 7.98. The number of thioether (sulfide) groups is 1. The van der Waals surface area contributed by atoms with Crippen LogP contribution in [-0.2, 0) is 4.79 Å². The van der Waals surface area contributed by atoms with E-state index in [1.807, 2.05) is 4.90 Å². The van der Waals surface area contributed by atoms with Crippen molar-refractivity contribution in [2.24, 2.45) is 0 Å². The summed E-state index contributed by atoms with van der Waals surface area (Å²) in [5.41, 5.74) is 0. The molecule has 82 valence electrons. The van der Waals surface area contributed by atoms with Gasteiger partial charge in [-0.05, 0) is 26.0 Å². The maximum absolute atomic E-state index is 11.6. The van der Waals surface area contributed by atoms with Crippen molar-refractivity contribution in [3.63, 3.8) is 0 Å². The van der Waals surface area contributed by atoms with Crippen LogP contribution in [0.25, 0.3) is 0 Å². The molecule has 3 nitrogen and oxygen atoms in total. The van der Waals surface area contributed by atoms with Gasteiger partial charge in [0.1, 0.15) is 0 Å². The van der Waals surface area contributed by atoms with E-state index in [1.54, 1.807) is 11.8 Å². The van der Waals surface area contributed by atoms with Crippen LogP contribution >= 0.6 is 11.8 Å². The molecule has 0 radical (unpaired) electrons. The van der Waals surface area contributed by atoms with Crippen molar-refractivity contribution in [3.05, 3.63) is 0 Å². The molecule has 0 spiro atoms. The molecule has 1 heterocycles. The van der Waals surface area contributed by atoms with Crippen LogP contribution in [0, 0.1) is 0 Å². The molecule has 1 aliphatic heterocycles. The van der Waals surface area contributed by atoms with Crippen molar-refractivity contribution in [2.75, 3.05) is 31.6 Å². The molecule has 1 atom stereocenters. The van der Waals surface area contributed by atoms with Gasteiger partial charge in [-0.3, -0.25) is 4.79 Å². The molecule has 0 aromatic carbocycles. The molecule has 0 saturated carbocycles. The Morgan fingerprint density at radius 3 is 2.71 bits per heavy atom. The minimum absolute atomic E-state index is 0.260. The highest BCUT2D eigenvalue weighted by Gasteiger charge is 2.17. The van der Waals surface area contributed by atoms with Gasteiger partial charge in [-0.2, -0.15) is 11.8 Å². The molecule has 0 aromatic rings. The van der Waals surface area contributed by atoms with Crippen molar-refractivity contribution < 1.29 is 4.79 Å². The Hall–Kier alpha value is -0.220. The van der Waals surface area contributed by atoms with Gasteiger partial charge in [-0.1, -0.05) is 0 Å². The quantitative estimate of drug-likeness (QED) is 0.742. The third kappa shape index (κ3) is 3.88. The Morgan fingerprint density at radius 1 is 1.50 bits per heavy atom. The molecule has 1 aliphatic rings. The first kappa shape index (κ1) is 11.9. The van der Waals surface area contributed by atoms with Crippen molar-refractivity contribution in [2.45, 2.75) is 25.8 Å². The Labute approximate surface area is 90.6 Å². The van der Waals surface area contributed by atoms with Crippen molar-refractivity contribution in [1.29, 1.82) is 0 Å². The summed E-state index contributed by atoms with van der Waals surface area (Å²) in [4.78, 5) is 13.6. The Balaban J connectivity index is 2.13. The molecule has 1 N–H and O–H groups in total. The van der Waals surface area contributed by atoms with E-state index in [0.29, 0.717) is 12.6 Å². The molecule has 1 unspecified atom stereocenters. The van der Waals surface area contributed by atoms with Crippen LogP contribution < -0.4 is 5.32 Å². The van der Waals surface area contributed by atoms with Gasteiger partial charge < -0.3 is 10.2 Å². The maximum atomic E-state index is 11.6. The van der Waals surface area contributed by atoms with Crippen LogP contribution in [0.4, 0.5) is 0 Å². The summed E-state index contributed by atoms with van der Waals surface area (Å²) in [6.07, 6.45) is 4.43. The van der Waals surface area contributed by atoms with E-state index in [0.717, 1.165) is 18.8 Å². The van der Waals surface area contributed by atoms with Crippen molar-refractivity contribution in [3.8, 4) is 0 Å². The first-order chi connectivity index (χ1) is 6.74. The van der Waals surface area contributed by atoms with Gasteiger partial charge in [0.15, 0.2) is 0 Å². The Bertz CT molecular complexity index is 181. The van der Waals surface area contributed by atoms with Crippen LogP contribution in [0.3, 0.4) is 0 Å². The van der Waals surface area contributed by atoms with Gasteiger partial charge >= 0.3 is 0 Å². The Kier molecular flexibility index (Phi) is 5.33. The standard InChI is InChI=1S/C10H20N2OS/c1-9(8-14-2)11-7-10(13)12-5-3-4-6-12/h9,11H,3-8H2,1-2H3. The smallest absolute Gasteiger partial charge is 0.236 e. The number of rotatable bonds is 5. The van der Waals surface area contributed by atoms with E-state index in [4.69, 9.17) is 0 Å². The third-order valence-corrected chi connectivity index (χ3v) is 3.31. The predicted molar refractivity (Wildman–Crippen MR) is 61.7 cm³/mol. The van der Waals surface area contributed by atoms with Crippen molar-refractivity contribution in [1.82, 2.24) is 10.2 Å².